The lowest BCUT2D eigenvalue weighted by Gasteiger charge is -2.19. The van der Waals surface area contributed by atoms with E-state index in [0.29, 0.717) is 11.7 Å². The molecule has 0 spiro atoms. The Balaban J connectivity index is 2.60. The molecule has 0 saturated heterocycles. The van der Waals surface area contributed by atoms with Crippen molar-refractivity contribution in [1.82, 2.24) is 9.88 Å². The van der Waals surface area contributed by atoms with Gasteiger partial charge in [-0.1, -0.05) is 0 Å². The number of nitrogens with one attached hydrogen (secondary N) is 1. The minimum absolute atomic E-state index is 0.168. The third kappa shape index (κ3) is 4.12. The van der Waals surface area contributed by atoms with Crippen LogP contribution in [0.25, 0.3) is 0 Å². The van der Waals surface area contributed by atoms with Crippen LogP contribution in [0.15, 0.2) is 5.38 Å². The summed E-state index contributed by atoms with van der Waals surface area (Å²) < 4.78 is 0. The average Bonchev–Trinajstić information content (AvgIpc) is 2.63. The van der Waals surface area contributed by atoms with Crippen molar-refractivity contribution in [3.63, 3.8) is 0 Å². The molecule has 0 aromatic carbocycles. The summed E-state index contributed by atoms with van der Waals surface area (Å²) >= 11 is 1.32. The van der Waals surface area contributed by atoms with Crippen LogP contribution in [0.3, 0.4) is 0 Å². The Hall–Kier alpha value is -1.47. The van der Waals surface area contributed by atoms with E-state index in [4.69, 9.17) is 5.11 Å². The van der Waals surface area contributed by atoms with Gasteiger partial charge in [-0.15, -0.1) is 11.3 Å². The Morgan fingerprint density at radius 1 is 1.65 bits per heavy atom. The van der Waals surface area contributed by atoms with Gasteiger partial charge in [0.15, 0.2) is 5.13 Å². The van der Waals surface area contributed by atoms with Gasteiger partial charge in [0.2, 0.25) is 5.91 Å². The second-order valence-corrected chi connectivity index (χ2v) is 4.61. The van der Waals surface area contributed by atoms with E-state index in [1.807, 2.05) is 0 Å². The predicted molar refractivity (Wildman–Crippen MR) is 65.0 cm³/mol. The number of carbonyl (C=O) groups is 2. The molecule has 0 aliphatic heterocycles. The number of thiazole rings is 1. The lowest BCUT2D eigenvalue weighted by Crippen LogP contribution is -2.35. The number of aromatic nitrogens is 1. The molecule has 0 radical (unpaired) electrons. The van der Waals surface area contributed by atoms with Crippen LogP contribution >= 0.6 is 11.3 Å². The molecule has 1 heterocycles. The number of rotatable bonds is 5. The van der Waals surface area contributed by atoms with E-state index in [0.717, 1.165) is 5.69 Å². The second-order valence-electron chi connectivity index (χ2n) is 3.75. The Bertz CT molecular complexity index is 419. The molecule has 0 aliphatic rings. The molecule has 1 amide bonds. The normalized spacial score (nSPS) is 12.5. The fourth-order valence-corrected chi connectivity index (χ4v) is 1.92. The van der Waals surface area contributed by atoms with Gasteiger partial charge < -0.3 is 10.4 Å². The predicted octanol–water partition coefficient (Wildman–Crippen LogP) is 1.01. The van der Waals surface area contributed by atoms with Crippen LogP contribution < -0.4 is 5.32 Å². The van der Waals surface area contributed by atoms with Gasteiger partial charge >= 0.3 is 5.97 Å². The molecule has 7 heteroatoms. The second kappa shape index (κ2) is 5.74. The number of aliphatic carboxylic acids is 1. The SMILES string of the molecule is CC(=O)Nc1nc(CN(C)C(C)C(=O)O)cs1. The summed E-state index contributed by atoms with van der Waals surface area (Å²) in [6.45, 7) is 3.46. The molecule has 0 saturated carbocycles. The van der Waals surface area contributed by atoms with Crippen LogP contribution in [-0.2, 0) is 16.1 Å². The number of hydrogen-bond acceptors (Lipinski definition) is 5. The number of carboxylic acids is 1. The summed E-state index contributed by atoms with van der Waals surface area (Å²) in [6, 6.07) is -0.569. The van der Waals surface area contributed by atoms with Crippen molar-refractivity contribution in [3.05, 3.63) is 11.1 Å². The topological polar surface area (TPSA) is 82.5 Å². The van der Waals surface area contributed by atoms with Crippen molar-refractivity contribution in [1.29, 1.82) is 0 Å². The van der Waals surface area contributed by atoms with E-state index in [1.165, 1.54) is 18.3 Å². The highest BCUT2D eigenvalue weighted by Crippen LogP contribution is 2.16. The van der Waals surface area contributed by atoms with Crippen molar-refractivity contribution in [2.24, 2.45) is 0 Å². The summed E-state index contributed by atoms with van der Waals surface area (Å²) in [4.78, 5) is 27.4. The number of carboxylic acid groups (broad SMARTS) is 1. The summed E-state index contributed by atoms with van der Waals surface area (Å²) in [7, 11) is 1.72. The molecule has 1 atom stereocenters. The molecule has 0 fully saturated rings. The average molecular weight is 257 g/mol. The van der Waals surface area contributed by atoms with E-state index < -0.39 is 12.0 Å². The van der Waals surface area contributed by atoms with Crippen molar-refractivity contribution >= 4 is 28.3 Å². The molecule has 0 aliphatic carbocycles. The standard InChI is InChI=1S/C10H15N3O3S/c1-6(9(15)16)13(3)4-8-5-17-10(12-8)11-7(2)14/h5-6H,4H2,1-3H3,(H,15,16)(H,11,12,14). The first-order chi connectivity index (χ1) is 7.90. The first-order valence-corrected chi connectivity index (χ1v) is 5.93. The van der Waals surface area contributed by atoms with E-state index in [2.05, 4.69) is 10.3 Å². The van der Waals surface area contributed by atoms with Gasteiger partial charge in [0, 0.05) is 18.8 Å². The Labute approximate surface area is 103 Å². The molecular weight excluding hydrogens is 242 g/mol. The quantitative estimate of drug-likeness (QED) is 0.822. The van der Waals surface area contributed by atoms with E-state index in [1.54, 1.807) is 24.3 Å². The van der Waals surface area contributed by atoms with Gasteiger partial charge in [-0.25, -0.2) is 4.98 Å². The van der Waals surface area contributed by atoms with Crippen molar-refractivity contribution in [2.75, 3.05) is 12.4 Å². The van der Waals surface area contributed by atoms with Crippen LogP contribution in [0.1, 0.15) is 19.5 Å². The van der Waals surface area contributed by atoms with Gasteiger partial charge in [-0.3, -0.25) is 14.5 Å². The zero-order chi connectivity index (χ0) is 13.0. The molecular formula is C10H15N3O3S. The third-order valence-corrected chi connectivity index (χ3v) is 3.07. The molecule has 1 aromatic rings. The third-order valence-electron chi connectivity index (χ3n) is 2.26. The van der Waals surface area contributed by atoms with E-state index in [9.17, 15) is 9.59 Å². The fourth-order valence-electron chi connectivity index (χ4n) is 1.17. The fraction of sp³-hybridized carbons (Fsp3) is 0.500. The van der Waals surface area contributed by atoms with Crippen LogP contribution in [0.5, 0.6) is 0 Å². The number of amides is 1. The highest BCUT2D eigenvalue weighted by Gasteiger charge is 2.17. The Kier molecular flexibility index (Phi) is 4.59. The molecule has 94 valence electrons. The number of nitrogens with zero attached hydrogens (tertiary/aromatic N) is 2. The highest BCUT2D eigenvalue weighted by molar-refractivity contribution is 7.13. The maximum atomic E-state index is 10.8. The largest absolute Gasteiger partial charge is 0.480 e. The molecule has 1 aromatic heterocycles. The first-order valence-electron chi connectivity index (χ1n) is 5.05. The molecule has 17 heavy (non-hydrogen) atoms. The molecule has 1 rings (SSSR count). The van der Waals surface area contributed by atoms with Gasteiger partial charge in [0.25, 0.3) is 0 Å². The smallest absolute Gasteiger partial charge is 0.320 e. The number of likely N-dealkylation sites (N-methyl/N-ethyl adjacent to an activating group) is 1. The molecule has 6 nitrogen and oxygen atoms in total. The van der Waals surface area contributed by atoms with Gasteiger partial charge in [0.05, 0.1) is 5.69 Å². The minimum Gasteiger partial charge on any atom is -0.480 e. The summed E-state index contributed by atoms with van der Waals surface area (Å²) in [6.07, 6.45) is 0. The highest BCUT2D eigenvalue weighted by atomic mass is 32.1. The zero-order valence-corrected chi connectivity index (χ0v) is 10.7. The zero-order valence-electron chi connectivity index (χ0n) is 9.93. The van der Waals surface area contributed by atoms with Crippen LogP contribution in [0.4, 0.5) is 5.13 Å². The number of carbonyl (C=O) groups excluding carboxylic acids is 1. The van der Waals surface area contributed by atoms with E-state index in [-0.39, 0.29) is 5.91 Å². The molecule has 0 bridgehead atoms. The maximum Gasteiger partial charge on any atom is 0.320 e. The Morgan fingerprint density at radius 3 is 2.82 bits per heavy atom. The summed E-state index contributed by atoms with van der Waals surface area (Å²) in [5, 5.41) is 13.8. The monoisotopic (exact) mass is 257 g/mol. The molecule has 2 N–H and O–H groups in total. The van der Waals surface area contributed by atoms with Crippen LogP contribution in [0.2, 0.25) is 0 Å². The van der Waals surface area contributed by atoms with Crippen molar-refractivity contribution in [2.45, 2.75) is 26.4 Å². The maximum absolute atomic E-state index is 10.8. The summed E-state index contributed by atoms with van der Waals surface area (Å²) in [5.74, 6) is -1.04. The van der Waals surface area contributed by atoms with Gasteiger partial charge in [0.1, 0.15) is 6.04 Å². The lowest BCUT2D eigenvalue weighted by atomic mass is 10.3. The van der Waals surface area contributed by atoms with Gasteiger partial charge in [-0.2, -0.15) is 0 Å². The van der Waals surface area contributed by atoms with Gasteiger partial charge in [-0.05, 0) is 14.0 Å². The van der Waals surface area contributed by atoms with Crippen molar-refractivity contribution < 1.29 is 14.7 Å². The number of hydrogen-bond donors (Lipinski definition) is 2. The van der Waals surface area contributed by atoms with Crippen LogP contribution in [0, 0.1) is 0 Å². The minimum atomic E-state index is -0.871. The molecule has 1 unspecified atom stereocenters. The lowest BCUT2D eigenvalue weighted by molar-refractivity contribution is -0.142. The first kappa shape index (κ1) is 13.6. The summed E-state index contributed by atoms with van der Waals surface area (Å²) in [5.41, 5.74) is 0.745. The number of anilines is 1. The van der Waals surface area contributed by atoms with Crippen molar-refractivity contribution in [3.8, 4) is 0 Å². The van der Waals surface area contributed by atoms with Crippen LogP contribution in [-0.4, -0.2) is 40.0 Å². The van der Waals surface area contributed by atoms with E-state index >= 15 is 0 Å². The Morgan fingerprint density at radius 2 is 2.29 bits per heavy atom.